The maximum Gasteiger partial charge on any atom is 0.348 e. The molecular formula is C11H13NO2. The molecule has 1 rings (SSSR count). The first-order valence-corrected chi connectivity index (χ1v) is 4.53. The molecule has 3 nitrogen and oxygen atoms in total. The summed E-state index contributed by atoms with van der Waals surface area (Å²) >= 11 is 0. The summed E-state index contributed by atoms with van der Waals surface area (Å²) < 4.78 is 4.69. The highest BCUT2D eigenvalue weighted by atomic mass is 16.5. The van der Waals surface area contributed by atoms with E-state index in [0.29, 0.717) is 13.2 Å². The lowest BCUT2D eigenvalue weighted by Crippen LogP contribution is -2.04. The van der Waals surface area contributed by atoms with Crippen molar-refractivity contribution >= 4 is 12.2 Å². The van der Waals surface area contributed by atoms with Crippen LogP contribution in [0.3, 0.4) is 0 Å². The molecular weight excluding hydrogens is 178 g/mol. The maximum atomic E-state index is 10.9. The highest BCUT2D eigenvalue weighted by Gasteiger charge is 1.93. The van der Waals surface area contributed by atoms with Crippen LogP contribution in [0.1, 0.15) is 12.5 Å². The van der Waals surface area contributed by atoms with Crippen LogP contribution in [0.2, 0.25) is 0 Å². The maximum absolute atomic E-state index is 10.9. The first kappa shape index (κ1) is 10.4. The Bertz CT molecular complexity index is 306. The predicted molar refractivity (Wildman–Crippen MR) is 55.3 cm³/mol. The average molecular weight is 191 g/mol. The van der Waals surface area contributed by atoms with Crippen molar-refractivity contribution in [2.24, 2.45) is 4.99 Å². The molecule has 1 aromatic rings. The van der Waals surface area contributed by atoms with Crippen molar-refractivity contribution in [3.8, 4) is 0 Å². The van der Waals surface area contributed by atoms with Gasteiger partial charge in [0.15, 0.2) is 0 Å². The van der Waals surface area contributed by atoms with Crippen molar-refractivity contribution in [2.45, 2.75) is 13.5 Å². The third-order valence-corrected chi connectivity index (χ3v) is 1.60. The molecule has 0 aliphatic heterocycles. The van der Waals surface area contributed by atoms with Crippen LogP contribution in [0.5, 0.6) is 0 Å². The highest BCUT2D eigenvalue weighted by molar-refractivity contribution is 6.23. The van der Waals surface area contributed by atoms with Gasteiger partial charge in [0.1, 0.15) is 6.21 Å². The number of aliphatic imine (C=N–C) groups is 1. The van der Waals surface area contributed by atoms with Gasteiger partial charge in [0.2, 0.25) is 0 Å². The Hall–Kier alpha value is -1.64. The summed E-state index contributed by atoms with van der Waals surface area (Å²) in [7, 11) is 0. The molecule has 3 heteroatoms. The van der Waals surface area contributed by atoms with Gasteiger partial charge in [-0.25, -0.2) is 4.79 Å². The van der Waals surface area contributed by atoms with Crippen molar-refractivity contribution in [3.63, 3.8) is 0 Å². The minimum atomic E-state index is -0.386. The molecule has 0 heterocycles. The molecule has 1 aromatic carbocycles. The molecule has 0 aromatic heterocycles. The second kappa shape index (κ2) is 5.91. The van der Waals surface area contributed by atoms with Gasteiger partial charge in [-0.05, 0) is 12.5 Å². The first-order valence-electron chi connectivity index (χ1n) is 4.53. The molecule has 14 heavy (non-hydrogen) atoms. The van der Waals surface area contributed by atoms with E-state index in [2.05, 4.69) is 4.99 Å². The van der Waals surface area contributed by atoms with Gasteiger partial charge < -0.3 is 4.74 Å². The zero-order valence-corrected chi connectivity index (χ0v) is 8.14. The number of esters is 1. The normalized spacial score (nSPS) is 10.4. The SMILES string of the molecule is CCOC(=O)/C=N/Cc1ccccc1. The summed E-state index contributed by atoms with van der Waals surface area (Å²) in [5.41, 5.74) is 1.08. The van der Waals surface area contributed by atoms with Crippen molar-refractivity contribution in [2.75, 3.05) is 6.61 Å². The number of hydrogen-bond donors (Lipinski definition) is 0. The minimum absolute atomic E-state index is 0.385. The number of benzene rings is 1. The topological polar surface area (TPSA) is 38.7 Å². The molecule has 0 saturated carbocycles. The van der Waals surface area contributed by atoms with Gasteiger partial charge in [0.25, 0.3) is 0 Å². The summed E-state index contributed by atoms with van der Waals surface area (Å²) in [4.78, 5) is 14.8. The Morgan fingerprint density at radius 1 is 1.43 bits per heavy atom. The Kier molecular flexibility index (Phi) is 4.41. The van der Waals surface area contributed by atoms with Crippen molar-refractivity contribution in [3.05, 3.63) is 35.9 Å². The highest BCUT2D eigenvalue weighted by Crippen LogP contribution is 1.99. The van der Waals surface area contributed by atoms with Crippen molar-refractivity contribution in [1.82, 2.24) is 0 Å². The molecule has 0 fully saturated rings. The van der Waals surface area contributed by atoms with E-state index in [-0.39, 0.29) is 5.97 Å². The monoisotopic (exact) mass is 191 g/mol. The lowest BCUT2D eigenvalue weighted by molar-refractivity contribution is -0.134. The number of ether oxygens (including phenoxy) is 1. The Morgan fingerprint density at radius 2 is 2.14 bits per heavy atom. The fourth-order valence-electron chi connectivity index (χ4n) is 0.989. The Labute approximate surface area is 83.4 Å². The van der Waals surface area contributed by atoms with Gasteiger partial charge in [-0.3, -0.25) is 4.99 Å². The standard InChI is InChI=1S/C11H13NO2/c1-2-14-11(13)9-12-8-10-6-4-3-5-7-10/h3-7,9H,2,8H2,1H3/b12-9+. The summed E-state index contributed by atoms with van der Waals surface area (Å²) in [6.07, 6.45) is 1.22. The fraction of sp³-hybridized carbons (Fsp3) is 0.273. The molecule has 0 bridgehead atoms. The molecule has 0 atom stereocenters. The molecule has 0 aliphatic rings. The van der Waals surface area contributed by atoms with E-state index in [1.807, 2.05) is 30.3 Å². The lowest BCUT2D eigenvalue weighted by atomic mass is 10.2. The second-order valence-electron chi connectivity index (χ2n) is 2.71. The molecule has 0 saturated heterocycles. The van der Waals surface area contributed by atoms with Gasteiger partial charge in [-0.2, -0.15) is 0 Å². The van der Waals surface area contributed by atoms with E-state index < -0.39 is 0 Å². The van der Waals surface area contributed by atoms with Crippen LogP contribution in [-0.2, 0) is 16.1 Å². The van der Waals surface area contributed by atoms with E-state index in [4.69, 9.17) is 4.74 Å². The predicted octanol–water partition coefficient (Wildman–Crippen LogP) is 1.82. The molecule has 0 aliphatic carbocycles. The average Bonchev–Trinajstić information content (AvgIpc) is 2.20. The molecule has 0 spiro atoms. The summed E-state index contributed by atoms with van der Waals surface area (Å²) in [5, 5.41) is 0. The zero-order valence-electron chi connectivity index (χ0n) is 8.14. The van der Waals surface area contributed by atoms with Crippen molar-refractivity contribution < 1.29 is 9.53 Å². The largest absolute Gasteiger partial charge is 0.462 e. The van der Waals surface area contributed by atoms with Gasteiger partial charge >= 0.3 is 5.97 Å². The van der Waals surface area contributed by atoms with Crippen LogP contribution < -0.4 is 0 Å². The number of rotatable bonds is 4. The van der Waals surface area contributed by atoms with Gasteiger partial charge in [0.05, 0.1) is 13.2 Å². The number of carbonyl (C=O) groups excluding carboxylic acids is 1. The smallest absolute Gasteiger partial charge is 0.348 e. The third-order valence-electron chi connectivity index (χ3n) is 1.60. The van der Waals surface area contributed by atoms with E-state index in [9.17, 15) is 4.79 Å². The first-order chi connectivity index (χ1) is 6.83. The Balaban J connectivity index is 2.37. The summed E-state index contributed by atoms with van der Waals surface area (Å²) in [6, 6.07) is 9.74. The lowest BCUT2D eigenvalue weighted by Gasteiger charge is -1.95. The summed E-state index contributed by atoms with van der Waals surface area (Å²) in [5.74, 6) is -0.386. The van der Waals surface area contributed by atoms with E-state index >= 15 is 0 Å². The van der Waals surface area contributed by atoms with E-state index in [0.717, 1.165) is 5.56 Å². The quantitative estimate of drug-likeness (QED) is 0.538. The van der Waals surface area contributed by atoms with Gasteiger partial charge in [-0.15, -0.1) is 0 Å². The van der Waals surface area contributed by atoms with Crippen LogP contribution in [-0.4, -0.2) is 18.8 Å². The molecule has 0 unspecified atom stereocenters. The van der Waals surface area contributed by atoms with Crippen LogP contribution in [0.25, 0.3) is 0 Å². The van der Waals surface area contributed by atoms with E-state index in [1.165, 1.54) is 6.21 Å². The number of carbonyl (C=O) groups is 1. The third kappa shape index (κ3) is 3.85. The molecule has 0 amide bonds. The van der Waals surface area contributed by atoms with Crippen LogP contribution in [0.15, 0.2) is 35.3 Å². The molecule has 74 valence electrons. The molecule has 0 N–H and O–H groups in total. The zero-order chi connectivity index (χ0) is 10.2. The van der Waals surface area contributed by atoms with Crippen LogP contribution >= 0.6 is 0 Å². The number of nitrogens with zero attached hydrogens (tertiary/aromatic N) is 1. The van der Waals surface area contributed by atoms with Crippen LogP contribution in [0, 0.1) is 0 Å². The Morgan fingerprint density at radius 3 is 2.79 bits per heavy atom. The summed E-state index contributed by atoms with van der Waals surface area (Å²) in [6.45, 7) is 2.67. The van der Waals surface area contributed by atoms with Gasteiger partial charge in [-0.1, -0.05) is 30.3 Å². The van der Waals surface area contributed by atoms with Crippen molar-refractivity contribution in [1.29, 1.82) is 0 Å². The van der Waals surface area contributed by atoms with Crippen LogP contribution in [0.4, 0.5) is 0 Å². The number of hydrogen-bond acceptors (Lipinski definition) is 3. The fourth-order valence-corrected chi connectivity index (χ4v) is 0.989. The minimum Gasteiger partial charge on any atom is -0.462 e. The van der Waals surface area contributed by atoms with Gasteiger partial charge in [0, 0.05) is 0 Å². The van der Waals surface area contributed by atoms with E-state index in [1.54, 1.807) is 6.92 Å². The molecule has 0 radical (unpaired) electrons. The second-order valence-corrected chi connectivity index (χ2v) is 2.71.